The first-order valence-electron chi connectivity index (χ1n) is 9.61. The van der Waals surface area contributed by atoms with Crippen molar-refractivity contribution in [2.75, 3.05) is 13.7 Å². The van der Waals surface area contributed by atoms with E-state index in [0.29, 0.717) is 24.3 Å². The fraction of sp³-hybridized carbons (Fsp3) is 0.409. The van der Waals surface area contributed by atoms with Crippen LogP contribution < -0.4 is 9.47 Å². The van der Waals surface area contributed by atoms with Crippen molar-refractivity contribution in [3.8, 4) is 11.5 Å². The lowest BCUT2D eigenvalue weighted by Crippen LogP contribution is -2.34. The normalized spacial score (nSPS) is 23.2. The van der Waals surface area contributed by atoms with Gasteiger partial charge in [0.05, 0.1) is 25.0 Å². The summed E-state index contributed by atoms with van der Waals surface area (Å²) < 4.78 is 49.4. The Kier molecular flexibility index (Phi) is 5.50. The third-order valence-corrected chi connectivity index (χ3v) is 5.55. The van der Waals surface area contributed by atoms with E-state index in [2.05, 4.69) is 0 Å². The van der Waals surface area contributed by atoms with E-state index >= 15 is 0 Å². The van der Waals surface area contributed by atoms with Gasteiger partial charge in [0, 0.05) is 17.0 Å². The van der Waals surface area contributed by atoms with Crippen molar-refractivity contribution in [3.63, 3.8) is 0 Å². The third kappa shape index (κ3) is 3.96. The van der Waals surface area contributed by atoms with Gasteiger partial charge in [-0.3, -0.25) is 4.99 Å². The molecule has 4 rings (SSSR count). The number of ether oxygens (including phenoxy) is 2. The van der Waals surface area contributed by atoms with Gasteiger partial charge in [0.15, 0.2) is 11.5 Å². The lowest BCUT2D eigenvalue weighted by molar-refractivity contribution is 0.0802. The second-order valence-electron chi connectivity index (χ2n) is 7.42. The van der Waals surface area contributed by atoms with Gasteiger partial charge in [0.2, 0.25) is 0 Å². The number of aliphatic hydroxyl groups excluding tert-OH is 1. The van der Waals surface area contributed by atoms with Crippen LogP contribution in [0.2, 0.25) is 0 Å². The summed E-state index contributed by atoms with van der Waals surface area (Å²) in [7, 11) is 1.45. The number of aliphatic hydroxyl groups is 1. The number of nitrogens with zero attached hydrogens (tertiary/aromatic N) is 1. The van der Waals surface area contributed by atoms with E-state index in [0.717, 1.165) is 23.1 Å². The van der Waals surface area contributed by atoms with E-state index in [1.54, 1.807) is 24.3 Å². The molecule has 1 heterocycles. The Balaban J connectivity index is 1.83. The molecule has 0 radical (unpaired) electrons. The van der Waals surface area contributed by atoms with Gasteiger partial charge in [0.1, 0.15) is 12.4 Å². The average Bonchev–Trinajstić information content (AvgIpc) is 2.71. The first-order chi connectivity index (χ1) is 14.0. The maximum atomic E-state index is 13.4. The van der Waals surface area contributed by atoms with Crippen LogP contribution in [-0.4, -0.2) is 43.1 Å². The predicted molar refractivity (Wildman–Crippen MR) is 103 cm³/mol. The van der Waals surface area contributed by atoms with Crippen LogP contribution in [0, 0.1) is 5.82 Å². The van der Waals surface area contributed by atoms with Crippen LogP contribution in [-0.2, 0) is 0 Å². The van der Waals surface area contributed by atoms with Gasteiger partial charge < -0.3 is 14.6 Å². The van der Waals surface area contributed by atoms with E-state index < -0.39 is 19.1 Å². The summed E-state index contributed by atoms with van der Waals surface area (Å²) in [4.78, 5) is 4.93. The summed E-state index contributed by atoms with van der Waals surface area (Å²) in [5.41, 5.74) is 3.14. The quantitative estimate of drug-likeness (QED) is 0.806. The molecule has 1 fully saturated rings. The lowest BCUT2D eigenvalue weighted by atomic mass is 9.74. The van der Waals surface area contributed by atoms with Gasteiger partial charge >= 0.3 is 0 Å². The SMILES string of the molecule is COc1cc2c(cc1OCC(F)F)[C@H]1C[C@H](O)CC[C@H]1N=C2c1ccc(F)cc1. The van der Waals surface area contributed by atoms with E-state index in [4.69, 9.17) is 14.5 Å². The first kappa shape index (κ1) is 19.8. The van der Waals surface area contributed by atoms with E-state index in [9.17, 15) is 18.3 Å². The number of alkyl halides is 2. The summed E-state index contributed by atoms with van der Waals surface area (Å²) in [6, 6.07) is 9.52. The summed E-state index contributed by atoms with van der Waals surface area (Å²) in [5.74, 6) is 0.190. The number of fused-ring (bicyclic) bond motifs is 3. The van der Waals surface area contributed by atoms with Crippen LogP contribution in [0.25, 0.3) is 0 Å². The van der Waals surface area contributed by atoms with Gasteiger partial charge in [-0.05, 0) is 61.2 Å². The Hall–Kier alpha value is -2.54. The van der Waals surface area contributed by atoms with Crippen molar-refractivity contribution in [3.05, 3.63) is 58.9 Å². The fourth-order valence-corrected chi connectivity index (χ4v) is 4.21. The molecular weight excluding hydrogens is 383 g/mol. The highest BCUT2D eigenvalue weighted by Crippen LogP contribution is 2.45. The molecule has 154 valence electrons. The molecule has 1 N–H and O–H groups in total. The zero-order valence-electron chi connectivity index (χ0n) is 15.9. The molecule has 7 heteroatoms. The predicted octanol–water partition coefficient (Wildman–Crippen LogP) is 4.33. The summed E-state index contributed by atoms with van der Waals surface area (Å²) >= 11 is 0. The molecular formula is C22H22F3NO3. The number of halogens is 3. The molecule has 0 bridgehead atoms. The molecule has 1 saturated carbocycles. The Morgan fingerprint density at radius 1 is 1.14 bits per heavy atom. The van der Waals surface area contributed by atoms with Gasteiger partial charge in [-0.25, -0.2) is 13.2 Å². The fourth-order valence-electron chi connectivity index (χ4n) is 4.21. The van der Waals surface area contributed by atoms with Gasteiger partial charge in [-0.1, -0.05) is 0 Å². The highest BCUT2D eigenvalue weighted by molar-refractivity contribution is 6.15. The molecule has 0 amide bonds. The van der Waals surface area contributed by atoms with Gasteiger partial charge in [-0.15, -0.1) is 0 Å². The Labute approximate surface area is 167 Å². The standard InChI is InChI=1S/C22H22F3NO3/c1-28-19-10-17-15(9-20(19)29-11-21(24)25)16-8-14(27)6-7-18(16)26-22(17)12-2-4-13(23)5-3-12/h2-5,9-10,14,16,18,21,27H,6-8,11H2,1H3/t14-,16-,18-/m1/s1. The molecule has 0 spiro atoms. The topological polar surface area (TPSA) is 51.0 Å². The largest absolute Gasteiger partial charge is 0.493 e. The highest BCUT2D eigenvalue weighted by atomic mass is 19.3. The van der Waals surface area contributed by atoms with Crippen LogP contribution in [0.4, 0.5) is 13.2 Å². The number of rotatable bonds is 5. The Morgan fingerprint density at radius 3 is 2.59 bits per heavy atom. The second-order valence-corrected chi connectivity index (χ2v) is 7.42. The maximum absolute atomic E-state index is 13.4. The van der Waals surface area contributed by atoms with Gasteiger partial charge in [-0.2, -0.15) is 0 Å². The maximum Gasteiger partial charge on any atom is 0.272 e. The molecule has 2 aromatic carbocycles. The summed E-state index contributed by atoms with van der Waals surface area (Å²) in [6.07, 6.45) is -1.12. The number of hydrogen-bond donors (Lipinski definition) is 1. The van der Waals surface area contributed by atoms with Crippen LogP contribution >= 0.6 is 0 Å². The minimum Gasteiger partial charge on any atom is -0.493 e. The smallest absolute Gasteiger partial charge is 0.272 e. The monoisotopic (exact) mass is 405 g/mol. The van der Waals surface area contributed by atoms with Crippen LogP contribution in [0.15, 0.2) is 41.4 Å². The summed E-state index contributed by atoms with van der Waals surface area (Å²) in [6.45, 7) is -0.731. The third-order valence-electron chi connectivity index (χ3n) is 5.55. The van der Waals surface area contributed by atoms with Crippen molar-refractivity contribution in [2.45, 2.75) is 43.8 Å². The number of hydrogen-bond acceptors (Lipinski definition) is 4. The van der Waals surface area contributed by atoms with Crippen molar-refractivity contribution in [1.82, 2.24) is 0 Å². The molecule has 4 nitrogen and oxygen atoms in total. The average molecular weight is 405 g/mol. The van der Waals surface area contributed by atoms with Crippen molar-refractivity contribution in [1.29, 1.82) is 0 Å². The number of methoxy groups -OCH3 is 1. The minimum absolute atomic E-state index is 0.0395. The zero-order chi connectivity index (χ0) is 20.5. The lowest BCUT2D eigenvalue weighted by Gasteiger charge is -2.37. The van der Waals surface area contributed by atoms with Crippen molar-refractivity contribution >= 4 is 5.71 Å². The van der Waals surface area contributed by atoms with E-state index in [-0.39, 0.29) is 23.5 Å². The van der Waals surface area contributed by atoms with Crippen molar-refractivity contribution in [2.24, 2.45) is 4.99 Å². The highest BCUT2D eigenvalue weighted by Gasteiger charge is 2.37. The van der Waals surface area contributed by atoms with Crippen LogP contribution in [0.3, 0.4) is 0 Å². The van der Waals surface area contributed by atoms with E-state index in [1.807, 2.05) is 0 Å². The van der Waals surface area contributed by atoms with Crippen LogP contribution in [0.1, 0.15) is 41.9 Å². The second kappa shape index (κ2) is 8.06. The number of aliphatic imine (C=N–C) groups is 1. The van der Waals surface area contributed by atoms with E-state index in [1.165, 1.54) is 19.2 Å². The first-order valence-corrected chi connectivity index (χ1v) is 9.61. The van der Waals surface area contributed by atoms with Crippen LogP contribution in [0.5, 0.6) is 11.5 Å². The Morgan fingerprint density at radius 2 is 1.90 bits per heavy atom. The molecule has 0 aromatic heterocycles. The van der Waals surface area contributed by atoms with Crippen molar-refractivity contribution < 1.29 is 27.8 Å². The molecule has 2 aromatic rings. The zero-order valence-corrected chi connectivity index (χ0v) is 15.9. The molecule has 1 aliphatic carbocycles. The Bertz CT molecular complexity index is 914. The molecule has 0 saturated heterocycles. The molecule has 29 heavy (non-hydrogen) atoms. The number of benzene rings is 2. The molecule has 0 unspecified atom stereocenters. The molecule has 3 atom stereocenters. The van der Waals surface area contributed by atoms with Gasteiger partial charge in [0.25, 0.3) is 6.43 Å². The molecule has 2 aliphatic rings. The minimum atomic E-state index is -2.60. The summed E-state index contributed by atoms with van der Waals surface area (Å²) in [5, 5.41) is 10.2. The molecule has 1 aliphatic heterocycles.